The summed E-state index contributed by atoms with van der Waals surface area (Å²) in [5, 5.41) is 0. The molecule has 1 fully saturated rings. The fourth-order valence-corrected chi connectivity index (χ4v) is 1.46. The second-order valence-electron chi connectivity index (χ2n) is 4.40. The molecule has 0 spiro atoms. The van der Waals surface area contributed by atoms with Gasteiger partial charge in [-0.2, -0.15) is 0 Å². The van der Waals surface area contributed by atoms with Gasteiger partial charge in [0.05, 0.1) is 17.7 Å². The van der Waals surface area contributed by atoms with Crippen molar-refractivity contribution in [3.05, 3.63) is 29.8 Å². The average Bonchev–Trinajstić information content (AvgIpc) is 3.06. The van der Waals surface area contributed by atoms with Crippen LogP contribution in [-0.4, -0.2) is 24.7 Å². The molecule has 0 atom stereocenters. The molecular weight excluding hydrogens is 254 g/mol. The zero-order valence-corrected chi connectivity index (χ0v) is 11.2. The number of carbonyl (C=O) groups is 1. The second kappa shape index (κ2) is 6.07. The third-order valence-electron chi connectivity index (χ3n) is 2.76. The molecule has 4 nitrogen and oxygen atoms in total. The standard InChI is InChI=1S/C13H17NO3.ClH/c1-2-16-12(15)10-4-3-5-11(8-10)17-9-13(14)6-7-13;/h3-5,8H,2,6-7,9,14H2,1H3;1H. The van der Waals surface area contributed by atoms with Gasteiger partial charge in [0.1, 0.15) is 12.4 Å². The minimum atomic E-state index is -0.327. The zero-order valence-electron chi connectivity index (χ0n) is 10.3. The molecule has 5 heteroatoms. The molecule has 0 heterocycles. The smallest absolute Gasteiger partial charge is 0.338 e. The van der Waals surface area contributed by atoms with Crippen LogP contribution in [0.5, 0.6) is 5.75 Å². The Morgan fingerprint density at radius 3 is 2.78 bits per heavy atom. The number of esters is 1. The Balaban J connectivity index is 0.00000162. The highest BCUT2D eigenvalue weighted by Crippen LogP contribution is 2.32. The minimum absolute atomic E-state index is 0. The Labute approximate surface area is 113 Å². The number of carbonyl (C=O) groups excluding carboxylic acids is 1. The maximum absolute atomic E-state index is 11.5. The van der Waals surface area contributed by atoms with E-state index in [1.54, 1.807) is 25.1 Å². The van der Waals surface area contributed by atoms with E-state index in [2.05, 4.69) is 0 Å². The lowest BCUT2D eigenvalue weighted by Crippen LogP contribution is -2.29. The first-order valence-electron chi connectivity index (χ1n) is 5.82. The van der Waals surface area contributed by atoms with Crippen molar-refractivity contribution in [2.24, 2.45) is 5.73 Å². The molecule has 100 valence electrons. The fourth-order valence-electron chi connectivity index (χ4n) is 1.46. The number of benzene rings is 1. The molecule has 0 bridgehead atoms. The van der Waals surface area contributed by atoms with Gasteiger partial charge < -0.3 is 15.2 Å². The average molecular weight is 272 g/mol. The first-order valence-corrected chi connectivity index (χ1v) is 5.82. The fraction of sp³-hybridized carbons (Fsp3) is 0.462. The van der Waals surface area contributed by atoms with Crippen molar-refractivity contribution in [2.75, 3.05) is 13.2 Å². The number of nitrogens with two attached hydrogens (primary N) is 1. The summed E-state index contributed by atoms with van der Waals surface area (Å²) < 4.78 is 10.5. The van der Waals surface area contributed by atoms with E-state index in [-0.39, 0.29) is 23.9 Å². The summed E-state index contributed by atoms with van der Waals surface area (Å²) in [5.74, 6) is 0.333. The Kier molecular flexibility index (Phi) is 4.99. The largest absolute Gasteiger partial charge is 0.492 e. The van der Waals surface area contributed by atoms with Crippen LogP contribution < -0.4 is 10.5 Å². The molecule has 0 saturated heterocycles. The number of rotatable bonds is 5. The molecule has 0 radical (unpaired) electrons. The molecule has 0 amide bonds. The van der Waals surface area contributed by atoms with Crippen molar-refractivity contribution in [2.45, 2.75) is 25.3 Å². The summed E-state index contributed by atoms with van der Waals surface area (Å²) in [6.07, 6.45) is 2.01. The molecule has 0 aliphatic heterocycles. The van der Waals surface area contributed by atoms with E-state index in [1.165, 1.54) is 0 Å². The van der Waals surface area contributed by atoms with Crippen molar-refractivity contribution in [3.8, 4) is 5.75 Å². The monoisotopic (exact) mass is 271 g/mol. The number of ether oxygens (including phenoxy) is 2. The summed E-state index contributed by atoms with van der Waals surface area (Å²) in [7, 11) is 0. The van der Waals surface area contributed by atoms with Gasteiger partial charge in [-0.3, -0.25) is 0 Å². The molecule has 2 N–H and O–H groups in total. The quantitative estimate of drug-likeness (QED) is 0.834. The van der Waals surface area contributed by atoms with Gasteiger partial charge in [-0.15, -0.1) is 12.4 Å². The molecule has 1 saturated carbocycles. The van der Waals surface area contributed by atoms with Gasteiger partial charge in [-0.1, -0.05) is 6.07 Å². The lowest BCUT2D eigenvalue weighted by molar-refractivity contribution is 0.0526. The maximum Gasteiger partial charge on any atom is 0.338 e. The number of hydrogen-bond acceptors (Lipinski definition) is 4. The Morgan fingerprint density at radius 2 is 2.17 bits per heavy atom. The molecule has 1 aliphatic rings. The van der Waals surface area contributed by atoms with Crippen molar-refractivity contribution < 1.29 is 14.3 Å². The maximum atomic E-state index is 11.5. The van der Waals surface area contributed by atoms with Crippen molar-refractivity contribution in [3.63, 3.8) is 0 Å². The first-order chi connectivity index (χ1) is 8.13. The van der Waals surface area contributed by atoms with Crippen LogP contribution in [0.3, 0.4) is 0 Å². The van der Waals surface area contributed by atoms with Gasteiger partial charge in [0.25, 0.3) is 0 Å². The van der Waals surface area contributed by atoms with Crippen LogP contribution >= 0.6 is 12.4 Å². The van der Waals surface area contributed by atoms with Crippen molar-refractivity contribution >= 4 is 18.4 Å². The predicted octanol–water partition coefficient (Wildman–Crippen LogP) is 2.16. The van der Waals surface area contributed by atoms with E-state index in [0.717, 1.165) is 12.8 Å². The lowest BCUT2D eigenvalue weighted by atomic mass is 10.2. The van der Waals surface area contributed by atoms with Crippen LogP contribution in [0.25, 0.3) is 0 Å². The molecule has 1 aliphatic carbocycles. The van der Waals surface area contributed by atoms with Crippen LogP contribution in [0.2, 0.25) is 0 Å². The molecule has 1 aromatic rings. The molecule has 1 aromatic carbocycles. The van der Waals surface area contributed by atoms with Gasteiger partial charge >= 0.3 is 5.97 Å². The van der Waals surface area contributed by atoms with Crippen LogP contribution in [0.15, 0.2) is 24.3 Å². The number of hydrogen-bond donors (Lipinski definition) is 1. The van der Waals surface area contributed by atoms with Crippen molar-refractivity contribution in [1.29, 1.82) is 0 Å². The first kappa shape index (κ1) is 14.8. The second-order valence-corrected chi connectivity index (χ2v) is 4.40. The third-order valence-corrected chi connectivity index (χ3v) is 2.76. The van der Waals surface area contributed by atoms with Crippen LogP contribution in [0, 0.1) is 0 Å². The topological polar surface area (TPSA) is 61.5 Å². The van der Waals surface area contributed by atoms with E-state index in [4.69, 9.17) is 15.2 Å². The highest BCUT2D eigenvalue weighted by atomic mass is 35.5. The third kappa shape index (κ3) is 3.89. The summed E-state index contributed by atoms with van der Waals surface area (Å²) in [5.41, 5.74) is 6.28. The van der Waals surface area contributed by atoms with E-state index in [0.29, 0.717) is 24.5 Å². The highest BCUT2D eigenvalue weighted by molar-refractivity contribution is 5.89. The molecule has 2 rings (SSSR count). The lowest BCUT2D eigenvalue weighted by Gasteiger charge is -2.11. The van der Waals surface area contributed by atoms with E-state index in [9.17, 15) is 4.79 Å². The summed E-state index contributed by atoms with van der Waals surface area (Å²) >= 11 is 0. The Bertz CT molecular complexity index is 418. The van der Waals surface area contributed by atoms with Gasteiger partial charge in [0.2, 0.25) is 0 Å². The van der Waals surface area contributed by atoms with Gasteiger partial charge in [0.15, 0.2) is 0 Å². The molecular formula is C13H18ClNO3. The highest BCUT2D eigenvalue weighted by Gasteiger charge is 2.39. The van der Waals surface area contributed by atoms with Gasteiger partial charge in [-0.05, 0) is 38.0 Å². The summed E-state index contributed by atoms with van der Waals surface area (Å²) in [6.45, 7) is 2.65. The Hall–Kier alpha value is -1.26. The summed E-state index contributed by atoms with van der Waals surface area (Å²) in [6, 6.07) is 6.98. The van der Waals surface area contributed by atoms with E-state index >= 15 is 0 Å². The van der Waals surface area contributed by atoms with Gasteiger partial charge in [0, 0.05) is 0 Å². The predicted molar refractivity (Wildman–Crippen MR) is 71.3 cm³/mol. The molecule has 0 unspecified atom stereocenters. The SMILES string of the molecule is CCOC(=O)c1cccc(OCC2(N)CC2)c1.Cl. The van der Waals surface area contributed by atoms with Crippen LogP contribution in [-0.2, 0) is 4.74 Å². The number of halogens is 1. The molecule has 18 heavy (non-hydrogen) atoms. The zero-order chi connectivity index (χ0) is 12.3. The Morgan fingerprint density at radius 1 is 1.44 bits per heavy atom. The van der Waals surface area contributed by atoms with E-state index < -0.39 is 0 Å². The minimum Gasteiger partial charge on any atom is -0.492 e. The van der Waals surface area contributed by atoms with Crippen LogP contribution in [0.1, 0.15) is 30.1 Å². The normalized spacial score (nSPS) is 15.4. The molecule has 0 aromatic heterocycles. The van der Waals surface area contributed by atoms with Crippen molar-refractivity contribution in [1.82, 2.24) is 0 Å². The summed E-state index contributed by atoms with van der Waals surface area (Å²) in [4.78, 5) is 11.5. The van der Waals surface area contributed by atoms with Crippen LogP contribution in [0.4, 0.5) is 0 Å². The van der Waals surface area contributed by atoms with Gasteiger partial charge in [-0.25, -0.2) is 4.79 Å². The van der Waals surface area contributed by atoms with E-state index in [1.807, 2.05) is 6.07 Å².